The summed E-state index contributed by atoms with van der Waals surface area (Å²) >= 11 is 6.02. The molecule has 7 heteroatoms. The number of carboxylic acids is 1. The van der Waals surface area contributed by atoms with Crippen molar-refractivity contribution in [3.63, 3.8) is 0 Å². The molecule has 124 valence electrons. The average Bonchev–Trinajstić information content (AvgIpc) is 3.04. The fourth-order valence-electron chi connectivity index (χ4n) is 2.80. The number of H-pyrrole nitrogens is 1. The van der Waals surface area contributed by atoms with Gasteiger partial charge in [0, 0.05) is 34.7 Å². The molecule has 0 aliphatic carbocycles. The van der Waals surface area contributed by atoms with Crippen LogP contribution in [0.5, 0.6) is 0 Å². The van der Waals surface area contributed by atoms with Crippen LogP contribution in [0.2, 0.25) is 5.02 Å². The number of fused-ring (bicyclic) bond motifs is 3. The zero-order valence-electron chi connectivity index (χ0n) is 13.0. The molecule has 0 saturated heterocycles. The first-order valence-corrected chi connectivity index (χ1v) is 7.97. The molecule has 4 aromatic rings. The highest BCUT2D eigenvalue weighted by molar-refractivity contribution is 6.30. The maximum Gasteiger partial charge on any atom is 0.352 e. The van der Waals surface area contributed by atoms with Crippen molar-refractivity contribution < 1.29 is 9.90 Å². The van der Waals surface area contributed by atoms with E-state index in [4.69, 9.17) is 11.6 Å². The Kier molecular flexibility index (Phi) is 3.74. The number of nitrogens with one attached hydrogen (secondary N) is 2. The first kappa shape index (κ1) is 15.4. The van der Waals surface area contributed by atoms with Crippen molar-refractivity contribution >= 4 is 45.2 Å². The fourth-order valence-corrected chi connectivity index (χ4v) is 3.01. The van der Waals surface area contributed by atoms with Gasteiger partial charge >= 0.3 is 5.97 Å². The molecule has 0 fully saturated rings. The minimum Gasteiger partial charge on any atom is -0.477 e. The van der Waals surface area contributed by atoms with Crippen LogP contribution in [0.1, 0.15) is 16.1 Å². The van der Waals surface area contributed by atoms with Gasteiger partial charge in [-0.1, -0.05) is 23.7 Å². The van der Waals surface area contributed by atoms with E-state index in [1.807, 2.05) is 30.3 Å². The SMILES string of the molecule is O=C(O)c1cc2nc(NCc3cccc(Cl)c3)c3ccncc3c2[nH]1. The molecule has 0 spiro atoms. The number of nitrogens with zero attached hydrogens (tertiary/aromatic N) is 2. The summed E-state index contributed by atoms with van der Waals surface area (Å²) in [6.45, 7) is 0.548. The van der Waals surface area contributed by atoms with Gasteiger partial charge in [-0.3, -0.25) is 4.98 Å². The van der Waals surface area contributed by atoms with Crippen LogP contribution in [-0.4, -0.2) is 26.0 Å². The Balaban J connectivity index is 1.80. The number of aromatic carboxylic acids is 1. The Hall–Kier alpha value is -3.12. The molecule has 4 rings (SSSR count). The van der Waals surface area contributed by atoms with E-state index in [0.717, 1.165) is 16.3 Å². The molecular formula is C18H13ClN4O2. The Bertz CT molecular complexity index is 1110. The molecule has 0 amide bonds. The second kappa shape index (κ2) is 6.07. The van der Waals surface area contributed by atoms with Crippen molar-refractivity contribution in [1.82, 2.24) is 15.0 Å². The van der Waals surface area contributed by atoms with E-state index in [1.165, 1.54) is 6.07 Å². The van der Waals surface area contributed by atoms with Crippen LogP contribution >= 0.6 is 11.6 Å². The fraction of sp³-hybridized carbons (Fsp3) is 0.0556. The third kappa shape index (κ3) is 2.88. The second-order valence-electron chi connectivity index (χ2n) is 5.61. The number of hydrogen-bond donors (Lipinski definition) is 3. The number of aromatic nitrogens is 3. The molecule has 25 heavy (non-hydrogen) atoms. The van der Waals surface area contributed by atoms with Crippen LogP contribution in [-0.2, 0) is 6.54 Å². The number of rotatable bonds is 4. The Morgan fingerprint density at radius 3 is 2.92 bits per heavy atom. The Morgan fingerprint density at radius 1 is 1.24 bits per heavy atom. The summed E-state index contributed by atoms with van der Waals surface area (Å²) in [7, 11) is 0. The molecule has 1 aromatic carbocycles. The smallest absolute Gasteiger partial charge is 0.352 e. The molecule has 0 unspecified atom stereocenters. The van der Waals surface area contributed by atoms with Gasteiger partial charge in [0.1, 0.15) is 11.5 Å². The van der Waals surface area contributed by atoms with Crippen LogP contribution < -0.4 is 5.32 Å². The van der Waals surface area contributed by atoms with Crippen LogP contribution in [0.15, 0.2) is 48.8 Å². The van der Waals surface area contributed by atoms with Crippen molar-refractivity contribution in [3.05, 3.63) is 65.1 Å². The van der Waals surface area contributed by atoms with Gasteiger partial charge < -0.3 is 15.4 Å². The second-order valence-corrected chi connectivity index (χ2v) is 6.05. The highest BCUT2D eigenvalue weighted by Gasteiger charge is 2.14. The molecule has 0 atom stereocenters. The Morgan fingerprint density at radius 2 is 2.12 bits per heavy atom. The number of pyridine rings is 2. The maximum atomic E-state index is 11.2. The normalized spacial score (nSPS) is 11.1. The maximum absolute atomic E-state index is 11.2. The minimum atomic E-state index is -1.02. The van der Waals surface area contributed by atoms with Crippen molar-refractivity contribution in [1.29, 1.82) is 0 Å². The molecule has 0 bridgehead atoms. The lowest BCUT2D eigenvalue weighted by Gasteiger charge is -2.10. The minimum absolute atomic E-state index is 0.0969. The lowest BCUT2D eigenvalue weighted by atomic mass is 10.1. The molecule has 0 radical (unpaired) electrons. The number of carboxylic acid groups (broad SMARTS) is 1. The average molecular weight is 353 g/mol. The van der Waals surface area contributed by atoms with Gasteiger partial charge in [0.25, 0.3) is 0 Å². The van der Waals surface area contributed by atoms with Gasteiger partial charge in [-0.05, 0) is 29.8 Å². The number of anilines is 1. The monoisotopic (exact) mass is 352 g/mol. The van der Waals surface area contributed by atoms with Gasteiger partial charge in [-0.25, -0.2) is 9.78 Å². The van der Waals surface area contributed by atoms with E-state index in [2.05, 4.69) is 20.3 Å². The molecule has 0 aliphatic heterocycles. The van der Waals surface area contributed by atoms with Crippen LogP contribution in [0.4, 0.5) is 5.82 Å². The lowest BCUT2D eigenvalue weighted by molar-refractivity contribution is 0.0691. The molecule has 0 aliphatic rings. The van der Waals surface area contributed by atoms with E-state index in [9.17, 15) is 9.90 Å². The summed E-state index contributed by atoms with van der Waals surface area (Å²) in [6, 6.07) is 10.9. The number of carbonyl (C=O) groups is 1. The zero-order chi connectivity index (χ0) is 17.4. The van der Waals surface area contributed by atoms with E-state index >= 15 is 0 Å². The van der Waals surface area contributed by atoms with Crippen molar-refractivity contribution in [3.8, 4) is 0 Å². The molecular weight excluding hydrogens is 340 g/mol. The van der Waals surface area contributed by atoms with Gasteiger partial charge in [0.2, 0.25) is 0 Å². The van der Waals surface area contributed by atoms with Crippen molar-refractivity contribution in [2.45, 2.75) is 6.54 Å². The predicted octanol–water partition coefficient (Wildman–Crippen LogP) is 4.07. The topological polar surface area (TPSA) is 90.9 Å². The summed E-state index contributed by atoms with van der Waals surface area (Å²) in [5.74, 6) is -0.357. The largest absolute Gasteiger partial charge is 0.477 e. The molecule has 3 N–H and O–H groups in total. The van der Waals surface area contributed by atoms with Crippen molar-refractivity contribution in [2.75, 3.05) is 5.32 Å². The summed E-state index contributed by atoms with van der Waals surface area (Å²) in [6.07, 6.45) is 3.38. The summed E-state index contributed by atoms with van der Waals surface area (Å²) < 4.78 is 0. The third-order valence-corrected chi connectivity index (χ3v) is 4.19. The molecule has 3 aromatic heterocycles. The van der Waals surface area contributed by atoms with Crippen LogP contribution in [0, 0.1) is 0 Å². The highest BCUT2D eigenvalue weighted by atomic mass is 35.5. The third-order valence-electron chi connectivity index (χ3n) is 3.95. The summed E-state index contributed by atoms with van der Waals surface area (Å²) in [5, 5.41) is 14.9. The zero-order valence-corrected chi connectivity index (χ0v) is 13.7. The van der Waals surface area contributed by atoms with Crippen LogP contribution in [0.3, 0.4) is 0 Å². The quantitative estimate of drug-likeness (QED) is 0.515. The predicted molar refractivity (Wildman–Crippen MR) is 97.1 cm³/mol. The van der Waals surface area contributed by atoms with Crippen molar-refractivity contribution in [2.24, 2.45) is 0 Å². The highest BCUT2D eigenvalue weighted by Crippen LogP contribution is 2.29. The number of hydrogen-bond acceptors (Lipinski definition) is 4. The molecule has 3 heterocycles. The van der Waals surface area contributed by atoms with Gasteiger partial charge in [-0.15, -0.1) is 0 Å². The standard InChI is InChI=1S/C18H13ClN4O2/c19-11-3-1-2-10(6-11)8-21-17-12-4-5-20-9-13(12)16-14(23-17)7-15(22-16)18(24)25/h1-7,9,22H,8H2,(H,21,23)(H,24,25). The van der Waals surface area contributed by atoms with Crippen LogP contribution in [0.25, 0.3) is 21.8 Å². The number of aromatic amines is 1. The lowest BCUT2D eigenvalue weighted by Crippen LogP contribution is -2.02. The molecule has 6 nitrogen and oxygen atoms in total. The van der Waals surface area contributed by atoms with E-state index < -0.39 is 5.97 Å². The number of halogens is 1. The first-order chi connectivity index (χ1) is 12.1. The summed E-state index contributed by atoms with van der Waals surface area (Å²) in [5.41, 5.74) is 2.36. The summed E-state index contributed by atoms with van der Waals surface area (Å²) in [4.78, 5) is 22.9. The van der Waals surface area contributed by atoms with Gasteiger partial charge in [0.05, 0.1) is 11.0 Å². The van der Waals surface area contributed by atoms with E-state index in [0.29, 0.717) is 28.4 Å². The van der Waals surface area contributed by atoms with E-state index in [-0.39, 0.29) is 5.69 Å². The Labute approximate surface area is 147 Å². The molecule has 0 saturated carbocycles. The number of benzene rings is 1. The van der Waals surface area contributed by atoms with Gasteiger partial charge in [-0.2, -0.15) is 0 Å². The van der Waals surface area contributed by atoms with Gasteiger partial charge in [0.15, 0.2) is 0 Å². The van der Waals surface area contributed by atoms with E-state index in [1.54, 1.807) is 12.4 Å². The first-order valence-electron chi connectivity index (χ1n) is 7.60.